The van der Waals surface area contributed by atoms with Gasteiger partial charge in [0.1, 0.15) is 0 Å². The Bertz CT molecular complexity index is 211. The third-order valence-electron chi connectivity index (χ3n) is 2.97. The summed E-state index contributed by atoms with van der Waals surface area (Å²) in [7, 11) is 0. The fraction of sp³-hybridized carbons (Fsp3) is 0.900. The summed E-state index contributed by atoms with van der Waals surface area (Å²) in [6.07, 6.45) is 0.992. The van der Waals surface area contributed by atoms with Gasteiger partial charge in [-0.15, -0.1) is 0 Å². The summed E-state index contributed by atoms with van der Waals surface area (Å²) >= 11 is 0. The standard InChI is InChI=1S/C10H19NO4/c1-2-11-5-3-10(4-6-11,9(13)14)15-8-7-12/h12H,2-8H2,1H3,(H,13,14). The van der Waals surface area contributed by atoms with Crippen LogP contribution in [0.1, 0.15) is 19.8 Å². The topological polar surface area (TPSA) is 70.0 Å². The number of carboxylic acids is 1. The molecule has 1 aliphatic rings. The van der Waals surface area contributed by atoms with Crippen molar-refractivity contribution in [2.24, 2.45) is 0 Å². The van der Waals surface area contributed by atoms with Gasteiger partial charge in [0.25, 0.3) is 0 Å². The molecule has 15 heavy (non-hydrogen) atoms. The first-order chi connectivity index (χ1) is 7.14. The smallest absolute Gasteiger partial charge is 0.336 e. The Kier molecular flexibility index (Phi) is 4.50. The van der Waals surface area contributed by atoms with Gasteiger partial charge in [0.2, 0.25) is 0 Å². The molecule has 0 aromatic heterocycles. The molecule has 1 fully saturated rings. The van der Waals surface area contributed by atoms with E-state index in [1.807, 2.05) is 0 Å². The van der Waals surface area contributed by atoms with Crippen LogP contribution in [0.25, 0.3) is 0 Å². The van der Waals surface area contributed by atoms with Gasteiger partial charge in [0.15, 0.2) is 5.60 Å². The SMILES string of the molecule is CCN1CCC(OCCO)(C(=O)O)CC1. The van der Waals surface area contributed by atoms with Gasteiger partial charge in [-0.1, -0.05) is 6.92 Å². The number of rotatable bonds is 5. The number of carbonyl (C=O) groups is 1. The molecule has 1 saturated heterocycles. The van der Waals surface area contributed by atoms with Gasteiger partial charge >= 0.3 is 5.97 Å². The minimum Gasteiger partial charge on any atom is -0.479 e. The van der Waals surface area contributed by atoms with E-state index in [1.54, 1.807) is 0 Å². The van der Waals surface area contributed by atoms with E-state index in [0.29, 0.717) is 12.8 Å². The highest BCUT2D eigenvalue weighted by Crippen LogP contribution is 2.26. The third-order valence-corrected chi connectivity index (χ3v) is 2.97. The molecule has 5 heteroatoms. The van der Waals surface area contributed by atoms with E-state index in [4.69, 9.17) is 14.9 Å². The van der Waals surface area contributed by atoms with Crippen molar-refractivity contribution in [1.82, 2.24) is 4.90 Å². The van der Waals surface area contributed by atoms with Crippen LogP contribution in [0.15, 0.2) is 0 Å². The second-order valence-electron chi connectivity index (χ2n) is 3.81. The van der Waals surface area contributed by atoms with Crippen molar-refractivity contribution in [2.75, 3.05) is 32.8 Å². The van der Waals surface area contributed by atoms with Crippen molar-refractivity contribution in [2.45, 2.75) is 25.4 Å². The summed E-state index contributed by atoms with van der Waals surface area (Å²) in [6, 6.07) is 0. The van der Waals surface area contributed by atoms with E-state index < -0.39 is 11.6 Å². The number of hydrogen-bond acceptors (Lipinski definition) is 4. The number of carboxylic acid groups (broad SMARTS) is 1. The predicted octanol–water partition coefficient (Wildman–Crippen LogP) is -0.0656. The molecule has 1 heterocycles. The van der Waals surface area contributed by atoms with Gasteiger partial charge < -0.3 is 19.8 Å². The zero-order chi connectivity index (χ0) is 11.3. The first kappa shape index (κ1) is 12.4. The van der Waals surface area contributed by atoms with Gasteiger partial charge in [-0.25, -0.2) is 4.79 Å². The molecule has 0 saturated carbocycles. The maximum atomic E-state index is 11.2. The number of aliphatic hydroxyl groups is 1. The first-order valence-corrected chi connectivity index (χ1v) is 5.35. The number of ether oxygens (including phenoxy) is 1. The van der Waals surface area contributed by atoms with Crippen molar-refractivity contribution in [3.8, 4) is 0 Å². The molecule has 0 atom stereocenters. The van der Waals surface area contributed by atoms with Crippen molar-refractivity contribution in [1.29, 1.82) is 0 Å². The third kappa shape index (κ3) is 2.90. The fourth-order valence-electron chi connectivity index (χ4n) is 1.89. The summed E-state index contributed by atoms with van der Waals surface area (Å²) in [5.41, 5.74) is -1.08. The maximum Gasteiger partial charge on any atom is 0.336 e. The molecular weight excluding hydrogens is 198 g/mol. The van der Waals surface area contributed by atoms with Gasteiger partial charge in [0, 0.05) is 13.1 Å². The Labute approximate surface area is 89.6 Å². The lowest BCUT2D eigenvalue weighted by atomic mass is 9.91. The Balaban J connectivity index is 2.56. The summed E-state index contributed by atoms with van der Waals surface area (Å²) in [6.45, 7) is 4.45. The average molecular weight is 217 g/mol. The highest BCUT2D eigenvalue weighted by molar-refractivity contribution is 5.77. The second-order valence-corrected chi connectivity index (χ2v) is 3.81. The first-order valence-electron chi connectivity index (χ1n) is 5.35. The van der Waals surface area contributed by atoms with E-state index in [2.05, 4.69) is 11.8 Å². The number of hydrogen-bond donors (Lipinski definition) is 2. The van der Waals surface area contributed by atoms with Gasteiger partial charge in [0.05, 0.1) is 13.2 Å². The summed E-state index contributed by atoms with van der Waals surface area (Å²) < 4.78 is 5.30. The lowest BCUT2D eigenvalue weighted by molar-refractivity contribution is -0.174. The molecule has 1 rings (SSSR count). The molecule has 5 nitrogen and oxygen atoms in total. The molecule has 0 spiro atoms. The number of piperidine rings is 1. The summed E-state index contributed by atoms with van der Waals surface area (Å²) in [4.78, 5) is 13.3. The van der Waals surface area contributed by atoms with E-state index in [-0.39, 0.29) is 13.2 Å². The van der Waals surface area contributed by atoms with Crippen LogP contribution >= 0.6 is 0 Å². The van der Waals surface area contributed by atoms with Crippen molar-refractivity contribution >= 4 is 5.97 Å². The van der Waals surface area contributed by atoms with Crippen molar-refractivity contribution < 1.29 is 19.7 Å². The molecule has 0 aromatic rings. The normalized spacial score (nSPS) is 21.5. The minimum atomic E-state index is -1.08. The van der Waals surface area contributed by atoms with Crippen LogP contribution in [0.4, 0.5) is 0 Å². The van der Waals surface area contributed by atoms with E-state index in [9.17, 15) is 4.79 Å². The molecule has 1 aliphatic heterocycles. The van der Waals surface area contributed by atoms with Crippen LogP contribution in [0.3, 0.4) is 0 Å². The predicted molar refractivity (Wildman–Crippen MR) is 54.8 cm³/mol. The van der Waals surface area contributed by atoms with Gasteiger partial charge in [-0.2, -0.15) is 0 Å². The van der Waals surface area contributed by atoms with Crippen molar-refractivity contribution in [3.05, 3.63) is 0 Å². The quantitative estimate of drug-likeness (QED) is 0.675. The van der Waals surface area contributed by atoms with Crippen LogP contribution in [-0.2, 0) is 9.53 Å². The summed E-state index contributed by atoms with van der Waals surface area (Å²) in [5.74, 6) is -0.910. The molecular formula is C10H19NO4. The largest absolute Gasteiger partial charge is 0.479 e. The average Bonchev–Trinajstić information content (AvgIpc) is 2.27. The Hall–Kier alpha value is -0.650. The number of likely N-dealkylation sites (tertiary alicyclic amines) is 1. The van der Waals surface area contributed by atoms with Gasteiger partial charge in [-0.05, 0) is 19.4 Å². The monoisotopic (exact) mass is 217 g/mol. The summed E-state index contributed by atoms with van der Waals surface area (Å²) in [5, 5.41) is 17.8. The fourth-order valence-corrected chi connectivity index (χ4v) is 1.89. The molecule has 0 aliphatic carbocycles. The zero-order valence-electron chi connectivity index (χ0n) is 9.11. The Morgan fingerprint density at radius 2 is 2.07 bits per heavy atom. The Morgan fingerprint density at radius 1 is 1.47 bits per heavy atom. The maximum absolute atomic E-state index is 11.2. The second kappa shape index (κ2) is 5.44. The number of nitrogens with zero attached hydrogens (tertiary/aromatic N) is 1. The van der Waals surface area contributed by atoms with Gasteiger partial charge in [-0.3, -0.25) is 0 Å². The highest BCUT2D eigenvalue weighted by Gasteiger charge is 2.42. The molecule has 0 aromatic carbocycles. The van der Waals surface area contributed by atoms with Crippen molar-refractivity contribution in [3.63, 3.8) is 0 Å². The Morgan fingerprint density at radius 3 is 2.47 bits per heavy atom. The van der Waals surface area contributed by atoms with E-state index in [1.165, 1.54) is 0 Å². The van der Waals surface area contributed by atoms with Crippen LogP contribution in [0, 0.1) is 0 Å². The van der Waals surface area contributed by atoms with Crippen LogP contribution in [0.5, 0.6) is 0 Å². The highest BCUT2D eigenvalue weighted by atomic mass is 16.5. The molecule has 0 amide bonds. The van der Waals surface area contributed by atoms with Crippen LogP contribution in [-0.4, -0.2) is 59.5 Å². The van der Waals surface area contributed by atoms with Crippen LogP contribution < -0.4 is 0 Å². The number of aliphatic hydroxyl groups excluding tert-OH is 1. The molecule has 88 valence electrons. The molecule has 0 radical (unpaired) electrons. The zero-order valence-corrected chi connectivity index (χ0v) is 9.11. The molecule has 2 N–H and O–H groups in total. The van der Waals surface area contributed by atoms with E-state index >= 15 is 0 Å². The lowest BCUT2D eigenvalue weighted by Crippen LogP contribution is -2.51. The van der Waals surface area contributed by atoms with Crippen LogP contribution in [0.2, 0.25) is 0 Å². The molecule has 0 bridgehead atoms. The lowest BCUT2D eigenvalue weighted by Gasteiger charge is -2.38. The number of aliphatic carboxylic acids is 1. The molecule has 0 unspecified atom stereocenters. The minimum absolute atomic E-state index is 0.0957. The van der Waals surface area contributed by atoms with E-state index in [0.717, 1.165) is 19.6 Å².